The Morgan fingerprint density at radius 2 is 1.88 bits per heavy atom. The number of aromatic nitrogens is 2. The number of methoxy groups -OCH3 is 1. The smallest absolute Gasteiger partial charge is 0.484 e. The first kappa shape index (κ1) is 24.6. The number of amides is 1. The lowest BCUT2D eigenvalue weighted by Gasteiger charge is -2.36. The molecule has 0 spiro atoms. The Morgan fingerprint density at radius 1 is 1.21 bits per heavy atom. The molecule has 2 heterocycles. The SMILES string of the molecule is COCC1c2c(cnn2CC2CC2)CCN1C(=O)COc1ccccc1.O=C(O)C(F)(F)F. The van der Waals surface area contributed by atoms with Gasteiger partial charge in [0.2, 0.25) is 0 Å². The lowest BCUT2D eigenvalue weighted by Crippen LogP contribution is -2.44. The van der Waals surface area contributed by atoms with Crippen LogP contribution in [0.3, 0.4) is 0 Å². The van der Waals surface area contributed by atoms with Crippen molar-refractivity contribution in [2.75, 3.05) is 26.9 Å². The minimum atomic E-state index is -5.08. The number of benzene rings is 1. The number of rotatable bonds is 7. The molecule has 1 aliphatic carbocycles. The molecule has 1 amide bonds. The van der Waals surface area contributed by atoms with Crippen molar-refractivity contribution in [3.8, 4) is 5.75 Å². The van der Waals surface area contributed by atoms with Gasteiger partial charge >= 0.3 is 12.1 Å². The van der Waals surface area contributed by atoms with Crippen LogP contribution in [0.25, 0.3) is 0 Å². The molecule has 2 aromatic rings. The van der Waals surface area contributed by atoms with Crippen LogP contribution in [-0.4, -0.2) is 64.7 Å². The van der Waals surface area contributed by atoms with Crippen molar-refractivity contribution in [3.05, 3.63) is 47.8 Å². The molecule has 0 bridgehead atoms. The van der Waals surface area contributed by atoms with Crippen molar-refractivity contribution in [2.45, 2.75) is 38.0 Å². The summed E-state index contributed by atoms with van der Waals surface area (Å²) < 4.78 is 44.9. The monoisotopic (exact) mass is 469 g/mol. The first-order chi connectivity index (χ1) is 15.7. The highest BCUT2D eigenvalue weighted by Gasteiger charge is 2.38. The number of hydrogen-bond acceptors (Lipinski definition) is 5. The van der Waals surface area contributed by atoms with Crippen molar-refractivity contribution >= 4 is 11.9 Å². The number of para-hydroxylation sites is 1. The van der Waals surface area contributed by atoms with Crippen LogP contribution in [-0.2, 0) is 27.3 Å². The molecule has 0 saturated heterocycles. The maximum absolute atomic E-state index is 12.8. The van der Waals surface area contributed by atoms with E-state index in [1.165, 1.54) is 18.4 Å². The zero-order valence-electron chi connectivity index (χ0n) is 18.1. The van der Waals surface area contributed by atoms with Gasteiger partial charge in [-0.05, 0) is 42.9 Å². The Bertz CT molecular complexity index is 944. The number of aliphatic carboxylic acids is 1. The second kappa shape index (κ2) is 10.7. The number of ether oxygens (including phenoxy) is 2. The van der Waals surface area contributed by atoms with Gasteiger partial charge < -0.3 is 19.5 Å². The summed E-state index contributed by atoms with van der Waals surface area (Å²) >= 11 is 0. The quantitative estimate of drug-likeness (QED) is 0.670. The van der Waals surface area contributed by atoms with Crippen LogP contribution in [0.1, 0.15) is 30.1 Å². The lowest BCUT2D eigenvalue weighted by molar-refractivity contribution is -0.192. The van der Waals surface area contributed by atoms with Crippen molar-refractivity contribution in [1.82, 2.24) is 14.7 Å². The first-order valence-corrected chi connectivity index (χ1v) is 10.5. The van der Waals surface area contributed by atoms with E-state index >= 15 is 0 Å². The average molecular weight is 469 g/mol. The van der Waals surface area contributed by atoms with Gasteiger partial charge in [-0.3, -0.25) is 9.48 Å². The third kappa shape index (κ3) is 6.70. The summed E-state index contributed by atoms with van der Waals surface area (Å²) in [5.74, 6) is -1.33. The molecule has 1 aromatic carbocycles. The van der Waals surface area contributed by atoms with Gasteiger partial charge in [-0.15, -0.1) is 0 Å². The van der Waals surface area contributed by atoms with E-state index in [0.717, 1.165) is 24.6 Å². The largest absolute Gasteiger partial charge is 0.490 e. The van der Waals surface area contributed by atoms with Crippen LogP contribution in [0, 0.1) is 5.92 Å². The van der Waals surface area contributed by atoms with E-state index < -0.39 is 12.1 Å². The number of carbonyl (C=O) groups is 2. The van der Waals surface area contributed by atoms with Gasteiger partial charge in [0.15, 0.2) is 6.61 Å². The number of carboxylic acids is 1. The second-order valence-corrected chi connectivity index (χ2v) is 7.89. The van der Waals surface area contributed by atoms with Gasteiger partial charge in [0.1, 0.15) is 5.75 Å². The van der Waals surface area contributed by atoms with Crippen LogP contribution < -0.4 is 4.74 Å². The van der Waals surface area contributed by atoms with Crippen molar-refractivity contribution in [3.63, 3.8) is 0 Å². The molecule has 1 saturated carbocycles. The topological polar surface area (TPSA) is 93.9 Å². The Morgan fingerprint density at radius 3 is 2.45 bits per heavy atom. The maximum atomic E-state index is 12.8. The molecule has 180 valence electrons. The molecule has 11 heteroatoms. The second-order valence-electron chi connectivity index (χ2n) is 7.89. The molecule has 1 aromatic heterocycles. The summed E-state index contributed by atoms with van der Waals surface area (Å²) in [4.78, 5) is 23.6. The highest BCUT2D eigenvalue weighted by molar-refractivity contribution is 5.78. The van der Waals surface area contributed by atoms with Gasteiger partial charge in [-0.25, -0.2) is 4.79 Å². The Labute approximate surface area is 188 Å². The third-order valence-electron chi connectivity index (χ3n) is 5.39. The average Bonchev–Trinajstić information content (AvgIpc) is 3.51. The predicted molar refractivity (Wildman–Crippen MR) is 111 cm³/mol. The molecule has 1 atom stereocenters. The summed E-state index contributed by atoms with van der Waals surface area (Å²) in [5, 5.41) is 11.7. The van der Waals surface area contributed by atoms with Crippen molar-refractivity contribution in [2.24, 2.45) is 5.92 Å². The molecular formula is C22H26F3N3O5. The van der Waals surface area contributed by atoms with Crippen LogP contribution in [0.4, 0.5) is 13.2 Å². The fraction of sp³-hybridized carbons (Fsp3) is 0.500. The van der Waals surface area contributed by atoms with Crippen LogP contribution in [0.5, 0.6) is 5.75 Å². The van der Waals surface area contributed by atoms with E-state index in [9.17, 15) is 18.0 Å². The van der Waals surface area contributed by atoms with E-state index in [1.54, 1.807) is 7.11 Å². The van der Waals surface area contributed by atoms with E-state index in [-0.39, 0.29) is 18.6 Å². The lowest BCUT2D eigenvalue weighted by atomic mass is 10.00. The van der Waals surface area contributed by atoms with Gasteiger partial charge in [0, 0.05) is 20.2 Å². The van der Waals surface area contributed by atoms with Gasteiger partial charge in [-0.2, -0.15) is 18.3 Å². The molecule has 4 rings (SSSR count). The first-order valence-electron chi connectivity index (χ1n) is 10.5. The molecule has 1 fully saturated rings. The van der Waals surface area contributed by atoms with Crippen molar-refractivity contribution in [1.29, 1.82) is 0 Å². The number of alkyl halides is 3. The minimum Gasteiger partial charge on any atom is -0.484 e. The van der Waals surface area contributed by atoms with E-state index in [0.29, 0.717) is 18.9 Å². The molecule has 0 radical (unpaired) electrons. The molecule has 8 nitrogen and oxygen atoms in total. The minimum absolute atomic E-state index is 0.0132. The van der Waals surface area contributed by atoms with E-state index in [2.05, 4.69) is 9.78 Å². The van der Waals surface area contributed by atoms with Crippen molar-refractivity contribution < 1.29 is 37.3 Å². The summed E-state index contributed by atoms with van der Waals surface area (Å²) in [6.45, 7) is 2.13. The normalized spacial score (nSPS) is 17.6. The Kier molecular flexibility index (Phi) is 7.96. The van der Waals surface area contributed by atoms with Crippen LogP contribution >= 0.6 is 0 Å². The van der Waals surface area contributed by atoms with Gasteiger partial charge in [0.25, 0.3) is 5.91 Å². The predicted octanol–water partition coefficient (Wildman–Crippen LogP) is 3.08. The number of fused-ring (bicyclic) bond motifs is 1. The Balaban J connectivity index is 0.000000383. The summed E-state index contributed by atoms with van der Waals surface area (Å²) in [6, 6.07) is 9.35. The molecule has 1 unspecified atom stereocenters. The third-order valence-corrected chi connectivity index (χ3v) is 5.39. The molecule has 1 aliphatic heterocycles. The van der Waals surface area contributed by atoms with Crippen LogP contribution in [0.2, 0.25) is 0 Å². The summed E-state index contributed by atoms with van der Waals surface area (Å²) in [6.07, 6.45) is 0.258. The number of nitrogens with zero attached hydrogens (tertiary/aromatic N) is 3. The van der Waals surface area contributed by atoms with Gasteiger partial charge in [0.05, 0.1) is 24.5 Å². The maximum Gasteiger partial charge on any atom is 0.490 e. The molecule has 2 aliphatic rings. The fourth-order valence-corrected chi connectivity index (χ4v) is 3.62. The number of hydrogen-bond donors (Lipinski definition) is 1. The highest BCUT2D eigenvalue weighted by atomic mass is 19.4. The fourth-order valence-electron chi connectivity index (χ4n) is 3.62. The summed E-state index contributed by atoms with van der Waals surface area (Å²) in [5.41, 5.74) is 2.37. The number of halogens is 3. The van der Waals surface area contributed by atoms with Crippen LogP contribution in [0.15, 0.2) is 36.5 Å². The zero-order valence-corrected chi connectivity index (χ0v) is 18.1. The zero-order chi connectivity index (χ0) is 24.0. The highest BCUT2D eigenvalue weighted by Crippen LogP contribution is 2.35. The van der Waals surface area contributed by atoms with E-state index in [4.69, 9.17) is 19.4 Å². The molecule has 1 N–H and O–H groups in total. The number of carbonyl (C=O) groups excluding carboxylic acids is 1. The number of carboxylic acid groups (broad SMARTS) is 1. The van der Waals surface area contributed by atoms with Gasteiger partial charge in [-0.1, -0.05) is 18.2 Å². The molecule has 33 heavy (non-hydrogen) atoms. The Hall–Kier alpha value is -3.08. The summed E-state index contributed by atoms with van der Waals surface area (Å²) in [7, 11) is 1.68. The molecular weight excluding hydrogens is 443 g/mol. The standard InChI is InChI=1S/C20H25N3O3.C2HF3O2/c1-25-13-18-20-16(11-21-23(20)12-15-7-8-15)9-10-22(18)19(24)14-26-17-5-3-2-4-6-17;3-2(4,5)1(6)7/h2-6,11,15,18H,7-10,12-14H2,1H3;(H,6,7). The van der Waals surface area contributed by atoms with E-state index in [1.807, 2.05) is 41.4 Å².